The first kappa shape index (κ1) is 19.6. The third-order valence-corrected chi connectivity index (χ3v) is 3.58. The molecule has 2 aromatic rings. The zero-order valence-corrected chi connectivity index (χ0v) is 14.1. The lowest BCUT2D eigenvalue weighted by Crippen LogP contribution is -2.26. The van der Waals surface area contributed by atoms with Crippen LogP contribution in [0, 0.1) is 5.92 Å². The van der Waals surface area contributed by atoms with Gasteiger partial charge in [0.05, 0.1) is 18.4 Å². The van der Waals surface area contributed by atoms with Crippen LogP contribution in [-0.2, 0) is 22.3 Å². The first-order valence-corrected chi connectivity index (χ1v) is 8.00. The molecule has 0 aliphatic carbocycles. The maximum Gasteiger partial charge on any atom is 0.416 e. The van der Waals surface area contributed by atoms with Crippen molar-refractivity contribution in [3.63, 3.8) is 0 Å². The second kappa shape index (κ2) is 8.55. The molecule has 2 N–H and O–H groups in total. The minimum absolute atomic E-state index is 0.0183. The summed E-state index contributed by atoms with van der Waals surface area (Å²) >= 11 is 0. The summed E-state index contributed by atoms with van der Waals surface area (Å²) in [5.74, 6) is -0.331. The van der Waals surface area contributed by atoms with E-state index in [0.717, 1.165) is 12.1 Å². The fraction of sp³-hybridized carbons (Fsp3) is 0.333. The van der Waals surface area contributed by atoms with Crippen LogP contribution >= 0.6 is 0 Å². The molecule has 0 aliphatic rings. The quantitative estimate of drug-likeness (QED) is 0.777. The van der Waals surface area contributed by atoms with E-state index in [1.165, 1.54) is 18.4 Å². The van der Waals surface area contributed by atoms with Crippen molar-refractivity contribution in [1.29, 1.82) is 0 Å². The molecule has 0 spiro atoms. The van der Waals surface area contributed by atoms with Crippen molar-refractivity contribution in [1.82, 2.24) is 5.32 Å². The van der Waals surface area contributed by atoms with Gasteiger partial charge in [0.1, 0.15) is 5.76 Å². The van der Waals surface area contributed by atoms with Crippen LogP contribution in [0.2, 0.25) is 0 Å². The first-order chi connectivity index (χ1) is 12.2. The summed E-state index contributed by atoms with van der Waals surface area (Å²) in [6.45, 7) is 1.98. The summed E-state index contributed by atoms with van der Waals surface area (Å²) in [6, 6.07) is 7.85. The molecule has 8 heteroatoms. The first-order valence-electron chi connectivity index (χ1n) is 8.00. The number of alkyl halides is 3. The summed E-state index contributed by atoms with van der Waals surface area (Å²) in [5, 5.41) is 5.10. The molecule has 1 aromatic carbocycles. The number of halogens is 3. The molecular weight excluding hydrogens is 349 g/mol. The Kier molecular flexibility index (Phi) is 6.43. The normalized spacial score (nSPS) is 12.5. The highest BCUT2D eigenvalue weighted by molar-refractivity contribution is 5.91. The Morgan fingerprint density at radius 3 is 2.50 bits per heavy atom. The molecule has 0 saturated carbocycles. The Morgan fingerprint density at radius 2 is 1.85 bits per heavy atom. The van der Waals surface area contributed by atoms with Crippen LogP contribution in [0.1, 0.15) is 31.1 Å². The standard InChI is InChI=1S/C18H19F3N2O3/c1-12(8-16(24)22-11-15-6-3-7-26-15)9-17(25)23-14-5-2-4-13(10-14)18(19,20)21/h2-7,10,12H,8-9,11H2,1H3,(H,22,24)(H,23,25). The predicted molar refractivity (Wildman–Crippen MR) is 89.0 cm³/mol. The number of anilines is 1. The molecule has 1 heterocycles. The lowest BCUT2D eigenvalue weighted by Gasteiger charge is -2.13. The van der Waals surface area contributed by atoms with Crippen molar-refractivity contribution in [2.24, 2.45) is 5.92 Å². The van der Waals surface area contributed by atoms with Gasteiger partial charge in [-0.25, -0.2) is 0 Å². The number of nitrogens with one attached hydrogen (secondary N) is 2. The van der Waals surface area contributed by atoms with E-state index in [1.54, 1.807) is 19.1 Å². The van der Waals surface area contributed by atoms with Crippen molar-refractivity contribution in [2.75, 3.05) is 5.32 Å². The Labute approximate surface area is 148 Å². The van der Waals surface area contributed by atoms with Crippen molar-refractivity contribution >= 4 is 17.5 Å². The van der Waals surface area contributed by atoms with Crippen LogP contribution < -0.4 is 10.6 Å². The van der Waals surface area contributed by atoms with E-state index < -0.39 is 17.6 Å². The van der Waals surface area contributed by atoms with E-state index in [2.05, 4.69) is 10.6 Å². The van der Waals surface area contributed by atoms with Gasteiger partial charge in [0, 0.05) is 18.5 Å². The molecule has 140 valence electrons. The molecule has 2 rings (SSSR count). The number of amides is 2. The van der Waals surface area contributed by atoms with Crippen molar-refractivity contribution < 1.29 is 27.2 Å². The molecule has 0 fully saturated rings. The van der Waals surface area contributed by atoms with E-state index >= 15 is 0 Å². The summed E-state index contributed by atoms with van der Waals surface area (Å²) in [5.41, 5.74) is -0.764. The summed E-state index contributed by atoms with van der Waals surface area (Å²) in [6.07, 6.45) is -2.83. The average molecular weight is 368 g/mol. The Balaban J connectivity index is 1.79. The fourth-order valence-corrected chi connectivity index (χ4v) is 2.36. The van der Waals surface area contributed by atoms with Gasteiger partial charge in [-0.2, -0.15) is 13.2 Å². The molecule has 26 heavy (non-hydrogen) atoms. The van der Waals surface area contributed by atoms with Crippen molar-refractivity contribution in [3.05, 3.63) is 54.0 Å². The summed E-state index contributed by atoms with van der Waals surface area (Å²) < 4.78 is 43.1. The summed E-state index contributed by atoms with van der Waals surface area (Å²) in [7, 11) is 0. The Bertz CT molecular complexity index is 742. The lowest BCUT2D eigenvalue weighted by molar-refractivity contribution is -0.137. The van der Waals surface area contributed by atoms with Crippen LogP contribution in [0.4, 0.5) is 18.9 Å². The van der Waals surface area contributed by atoms with Crippen LogP contribution in [0.15, 0.2) is 47.1 Å². The van der Waals surface area contributed by atoms with Gasteiger partial charge in [0.2, 0.25) is 11.8 Å². The number of hydrogen-bond donors (Lipinski definition) is 2. The molecular formula is C18H19F3N2O3. The number of carbonyl (C=O) groups excluding carboxylic acids is 2. The smallest absolute Gasteiger partial charge is 0.416 e. The van der Waals surface area contributed by atoms with E-state index in [0.29, 0.717) is 5.76 Å². The largest absolute Gasteiger partial charge is 0.467 e. The van der Waals surface area contributed by atoms with Crippen LogP contribution in [-0.4, -0.2) is 11.8 Å². The second-order valence-corrected chi connectivity index (χ2v) is 6.00. The predicted octanol–water partition coefficient (Wildman–Crippen LogP) is 3.97. The monoisotopic (exact) mass is 368 g/mol. The lowest BCUT2D eigenvalue weighted by atomic mass is 10.0. The molecule has 1 unspecified atom stereocenters. The number of furan rings is 1. The number of benzene rings is 1. The third-order valence-electron chi connectivity index (χ3n) is 3.58. The fourth-order valence-electron chi connectivity index (χ4n) is 2.36. The van der Waals surface area contributed by atoms with E-state index in [4.69, 9.17) is 4.42 Å². The molecule has 0 bridgehead atoms. The Hall–Kier alpha value is -2.77. The molecule has 2 amide bonds. The molecule has 1 aromatic heterocycles. The highest BCUT2D eigenvalue weighted by Crippen LogP contribution is 2.30. The van der Waals surface area contributed by atoms with Gasteiger partial charge in [0.25, 0.3) is 0 Å². The molecule has 0 saturated heterocycles. The SMILES string of the molecule is CC(CC(=O)NCc1ccco1)CC(=O)Nc1cccc(C(F)(F)F)c1. The van der Waals surface area contributed by atoms with Crippen LogP contribution in [0.3, 0.4) is 0 Å². The van der Waals surface area contributed by atoms with Gasteiger partial charge in [0.15, 0.2) is 0 Å². The van der Waals surface area contributed by atoms with Crippen LogP contribution in [0.5, 0.6) is 0 Å². The van der Waals surface area contributed by atoms with E-state index in [9.17, 15) is 22.8 Å². The molecule has 0 radical (unpaired) electrons. The van der Waals surface area contributed by atoms with Crippen LogP contribution in [0.25, 0.3) is 0 Å². The van der Waals surface area contributed by atoms with Gasteiger partial charge in [-0.3, -0.25) is 9.59 Å². The molecule has 5 nitrogen and oxygen atoms in total. The average Bonchev–Trinajstić information content (AvgIpc) is 3.05. The van der Waals surface area contributed by atoms with Gasteiger partial charge in [-0.15, -0.1) is 0 Å². The number of hydrogen-bond acceptors (Lipinski definition) is 3. The highest BCUT2D eigenvalue weighted by Gasteiger charge is 2.30. The highest BCUT2D eigenvalue weighted by atomic mass is 19.4. The maximum atomic E-state index is 12.7. The minimum atomic E-state index is -4.47. The van der Waals surface area contributed by atoms with Gasteiger partial charge >= 0.3 is 6.18 Å². The number of carbonyl (C=O) groups is 2. The minimum Gasteiger partial charge on any atom is -0.467 e. The topological polar surface area (TPSA) is 71.3 Å². The third kappa shape index (κ3) is 6.27. The van der Waals surface area contributed by atoms with Gasteiger partial charge in [-0.1, -0.05) is 13.0 Å². The maximum absolute atomic E-state index is 12.7. The van der Waals surface area contributed by atoms with Gasteiger partial charge < -0.3 is 15.1 Å². The van der Waals surface area contributed by atoms with Gasteiger partial charge in [-0.05, 0) is 36.2 Å². The second-order valence-electron chi connectivity index (χ2n) is 6.00. The van der Waals surface area contributed by atoms with E-state index in [1.807, 2.05) is 0 Å². The molecule has 1 atom stereocenters. The zero-order valence-electron chi connectivity index (χ0n) is 14.1. The zero-order chi connectivity index (χ0) is 19.2. The van der Waals surface area contributed by atoms with Crippen molar-refractivity contribution in [3.8, 4) is 0 Å². The van der Waals surface area contributed by atoms with Crippen molar-refractivity contribution in [2.45, 2.75) is 32.5 Å². The Morgan fingerprint density at radius 1 is 1.12 bits per heavy atom. The number of rotatable bonds is 7. The summed E-state index contributed by atoms with van der Waals surface area (Å²) in [4.78, 5) is 23.8. The molecule has 0 aliphatic heterocycles. The van der Waals surface area contributed by atoms with E-state index in [-0.39, 0.29) is 36.9 Å².